The molecular weight excluding hydrogens is 309 g/mol. The molecule has 0 radical (unpaired) electrons. The summed E-state index contributed by atoms with van der Waals surface area (Å²) < 4.78 is 19.9. The summed E-state index contributed by atoms with van der Waals surface area (Å²) in [6.07, 6.45) is -0.336. The first kappa shape index (κ1) is 14.0. The lowest BCUT2D eigenvalue weighted by molar-refractivity contribution is 0.179. The van der Waals surface area contributed by atoms with Crippen LogP contribution in [0.3, 0.4) is 0 Å². The van der Waals surface area contributed by atoms with E-state index in [0.717, 1.165) is 10.0 Å². The van der Waals surface area contributed by atoms with Crippen LogP contribution in [-0.2, 0) is 0 Å². The first-order valence-corrected chi connectivity index (χ1v) is 6.79. The van der Waals surface area contributed by atoms with Gasteiger partial charge in [0.25, 0.3) is 0 Å². The third-order valence-corrected chi connectivity index (χ3v) is 3.47. The standard InChI is InChI=1S/C15H15BrFNO/c1-10(18)15(13-7-2-3-8-14(13)16)19-12-6-4-5-11(17)9-12/h2-10,15H,18H2,1H3. The Bertz CT molecular complexity index is 559. The molecule has 4 heteroatoms. The quantitative estimate of drug-likeness (QED) is 0.921. The number of hydrogen-bond acceptors (Lipinski definition) is 2. The molecule has 2 unspecified atom stereocenters. The summed E-state index contributed by atoms with van der Waals surface area (Å²) in [6.45, 7) is 1.86. The van der Waals surface area contributed by atoms with Crippen LogP contribution in [0, 0.1) is 5.82 Å². The van der Waals surface area contributed by atoms with E-state index < -0.39 is 0 Å². The molecule has 0 fully saturated rings. The van der Waals surface area contributed by atoms with Gasteiger partial charge in [0, 0.05) is 22.1 Å². The highest BCUT2D eigenvalue weighted by molar-refractivity contribution is 9.10. The number of hydrogen-bond donors (Lipinski definition) is 1. The SMILES string of the molecule is CC(N)C(Oc1cccc(F)c1)c1ccccc1Br. The smallest absolute Gasteiger partial charge is 0.140 e. The zero-order chi connectivity index (χ0) is 13.8. The third-order valence-electron chi connectivity index (χ3n) is 2.75. The molecule has 19 heavy (non-hydrogen) atoms. The Morgan fingerprint density at radius 1 is 1.16 bits per heavy atom. The van der Waals surface area contributed by atoms with Crippen molar-refractivity contribution < 1.29 is 9.13 Å². The molecule has 0 aromatic heterocycles. The fourth-order valence-electron chi connectivity index (χ4n) is 1.85. The second-order valence-electron chi connectivity index (χ2n) is 4.38. The van der Waals surface area contributed by atoms with E-state index in [1.165, 1.54) is 12.1 Å². The van der Waals surface area contributed by atoms with Crippen molar-refractivity contribution in [3.8, 4) is 5.75 Å². The maximum atomic E-state index is 13.2. The van der Waals surface area contributed by atoms with Crippen LogP contribution in [0.5, 0.6) is 5.75 Å². The predicted octanol–water partition coefficient (Wildman–Crippen LogP) is 4.06. The highest BCUT2D eigenvalue weighted by Crippen LogP contribution is 2.29. The molecule has 0 saturated carbocycles. The Morgan fingerprint density at radius 3 is 2.53 bits per heavy atom. The molecule has 2 aromatic rings. The molecule has 0 saturated heterocycles. The van der Waals surface area contributed by atoms with Crippen molar-refractivity contribution in [3.05, 3.63) is 64.4 Å². The highest BCUT2D eigenvalue weighted by Gasteiger charge is 2.20. The van der Waals surface area contributed by atoms with Gasteiger partial charge in [-0.1, -0.05) is 40.2 Å². The Morgan fingerprint density at radius 2 is 1.89 bits per heavy atom. The fraction of sp³-hybridized carbons (Fsp3) is 0.200. The van der Waals surface area contributed by atoms with Crippen LogP contribution in [0.4, 0.5) is 4.39 Å². The van der Waals surface area contributed by atoms with E-state index in [-0.39, 0.29) is 18.0 Å². The Kier molecular flexibility index (Phi) is 4.56. The summed E-state index contributed by atoms with van der Waals surface area (Å²) in [5.74, 6) is 0.145. The van der Waals surface area contributed by atoms with E-state index >= 15 is 0 Å². The monoisotopic (exact) mass is 323 g/mol. The lowest BCUT2D eigenvalue weighted by Crippen LogP contribution is -2.29. The van der Waals surface area contributed by atoms with Gasteiger partial charge in [0.2, 0.25) is 0 Å². The molecule has 0 amide bonds. The van der Waals surface area contributed by atoms with E-state index in [1.807, 2.05) is 31.2 Å². The van der Waals surface area contributed by atoms with Crippen LogP contribution in [0.1, 0.15) is 18.6 Å². The topological polar surface area (TPSA) is 35.2 Å². The van der Waals surface area contributed by atoms with Gasteiger partial charge in [-0.15, -0.1) is 0 Å². The first-order valence-electron chi connectivity index (χ1n) is 6.00. The van der Waals surface area contributed by atoms with Gasteiger partial charge < -0.3 is 10.5 Å². The van der Waals surface area contributed by atoms with E-state index in [0.29, 0.717) is 5.75 Å². The van der Waals surface area contributed by atoms with E-state index in [2.05, 4.69) is 15.9 Å². The van der Waals surface area contributed by atoms with Gasteiger partial charge in [-0.25, -0.2) is 4.39 Å². The second-order valence-corrected chi connectivity index (χ2v) is 5.23. The van der Waals surface area contributed by atoms with Crippen molar-refractivity contribution in [3.63, 3.8) is 0 Å². The minimum atomic E-state index is -0.336. The second kappa shape index (κ2) is 6.17. The first-order chi connectivity index (χ1) is 9.08. The van der Waals surface area contributed by atoms with Crippen molar-refractivity contribution in [2.24, 2.45) is 5.73 Å². The summed E-state index contributed by atoms with van der Waals surface area (Å²) in [7, 11) is 0. The van der Waals surface area contributed by atoms with Gasteiger partial charge in [-0.05, 0) is 25.1 Å². The van der Waals surface area contributed by atoms with Gasteiger partial charge in [0.15, 0.2) is 0 Å². The van der Waals surface area contributed by atoms with E-state index in [1.54, 1.807) is 12.1 Å². The molecule has 2 aromatic carbocycles. The highest BCUT2D eigenvalue weighted by atomic mass is 79.9. The lowest BCUT2D eigenvalue weighted by atomic mass is 10.0. The molecule has 100 valence electrons. The van der Waals surface area contributed by atoms with Crippen molar-refractivity contribution >= 4 is 15.9 Å². The molecule has 0 aliphatic rings. The number of halogens is 2. The number of nitrogens with two attached hydrogens (primary N) is 1. The zero-order valence-electron chi connectivity index (χ0n) is 10.5. The molecule has 0 spiro atoms. The van der Waals surface area contributed by atoms with Crippen LogP contribution in [0.2, 0.25) is 0 Å². The third kappa shape index (κ3) is 3.55. The maximum Gasteiger partial charge on any atom is 0.140 e. The summed E-state index contributed by atoms with van der Waals surface area (Å²) in [4.78, 5) is 0. The van der Waals surface area contributed by atoms with Gasteiger partial charge >= 0.3 is 0 Å². The molecule has 2 atom stereocenters. The Labute approximate surface area is 120 Å². The Balaban J connectivity index is 2.29. The molecule has 0 bridgehead atoms. The van der Waals surface area contributed by atoms with E-state index in [9.17, 15) is 4.39 Å². The minimum absolute atomic E-state index is 0.220. The van der Waals surface area contributed by atoms with Crippen molar-refractivity contribution in [2.45, 2.75) is 19.1 Å². The molecule has 0 aliphatic heterocycles. The van der Waals surface area contributed by atoms with E-state index in [4.69, 9.17) is 10.5 Å². The summed E-state index contributed by atoms with van der Waals surface area (Å²) >= 11 is 3.48. The minimum Gasteiger partial charge on any atom is -0.484 e. The van der Waals surface area contributed by atoms with Crippen molar-refractivity contribution in [2.75, 3.05) is 0 Å². The van der Waals surface area contributed by atoms with Crippen molar-refractivity contribution in [1.29, 1.82) is 0 Å². The number of rotatable bonds is 4. The average molecular weight is 324 g/mol. The molecular formula is C15H15BrFNO. The summed E-state index contributed by atoms with van der Waals surface area (Å²) in [5, 5.41) is 0. The largest absolute Gasteiger partial charge is 0.484 e. The van der Waals surface area contributed by atoms with Gasteiger partial charge in [0.05, 0.1) is 0 Å². The van der Waals surface area contributed by atoms with Crippen LogP contribution in [0.25, 0.3) is 0 Å². The summed E-state index contributed by atoms with van der Waals surface area (Å²) in [6, 6.07) is 13.6. The van der Waals surface area contributed by atoms with Crippen LogP contribution in [-0.4, -0.2) is 6.04 Å². The molecule has 2 nitrogen and oxygen atoms in total. The summed E-state index contributed by atoms with van der Waals surface area (Å²) in [5.41, 5.74) is 6.93. The zero-order valence-corrected chi connectivity index (χ0v) is 12.1. The Hall–Kier alpha value is -1.39. The lowest BCUT2D eigenvalue weighted by Gasteiger charge is -2.24. The average Bonchev–Trinajstić information content (AvgIpc) is 2.37. The predicted molar refractivity (Wildman–Crippen MR) is 77.6 cm³/mol. The van der Waals surface area contributed by atoms with Crippen LogP contribution < -0.4 is 10.5 Å². The van der Waals surface area contributed by atoms with Crippen LogP contribution in [0.15, 0.2) is 53.0 Å². The molecule has 0 aliphatic carbocycles. The molecule has 2 rings (SSSR count). The van der Waals surface area contributed by atoms with Crippen molar-refractivity contribution in [1.82, 2.24) is 0 Å². The number of ether oxygens (including phenoxy) is 1. The van der Waals surface area contributed by atoms with Gasteiger partial charge in [0.1, 0.15) is 17.7 Å². The molecule has 2 N–H and O–H groups in total. The van der Waals surface area contributed by atoms with Crippen LogP contribution >= 0.6 is 15.9 Å². The van der Waals surface area contributed by atoms with Gasteiger partial charge in [-0.3, -0.25) is 0 Å². The normalized spacial score (nSPS) is 13.9. The maximum absolute atomic E-state index is 13.2. The number of benzene rings is 2. The fourth-order valence-corrected chi connectivity index (χ4v) is 2.36. The molecule has 0 heterocycles. The van der Waals surface area contributed by atoms with Gasteiger partial charge in [-0.2, -0.15) is 0 Å².